The lowest BCUT2D eigenvalue weighted by Crippen LogP contribution is -2.42. The van der Waals surface area contributed by atoms with Crippen molar-refractivity contribution in [3.8, 4) is 5.75 Å². The van der Waals surface area contributed by atoms with E-state index in [4.69, 9.17) is 0 Å². The Balaban J connectivity index is 1.62. The first-order valence-electron chi connectivity index (χ1n) is 11.0. The Morgan fingerprint density at radius 1 is 1.20 bits per heavy atom. The Bertz CT molecular complexity index is 1530. The van der Waals surface area contributed by atoms with Crippen molar-refractivity contribution < 1.29 is 22.6 Å². The van der Waals surface area contributed by atoms with Gasteiger partial charge in [0.25, 0.3) is 5.56 Å². The first-order valence-corrected chi connectivity index (χ1v) is 14.2. The van der Waals surface area contributed by atoms with Gasteiger partial charge in [-0.05, 0) is 56.5 Å². The highest BCUT2D eigenvalue weighted by Crippen LogP contribution is 2.56. The third-order valence-electron chi connectivity index (χ3n) is 6.11. The van der Waals surface area contributed by atoms with E-state index in [9.17, 15) is 27.4 Å². The zero-order valence-electron chi connectivity index (χ0n) is 18.7. The highest BCUT2D eigenvalue weighted by Gasteiger charge is 2.31. The average molecular weight is 520 g/mol. The molecule has 0 bridgehead atoms. The number of aromatic hydroxyl groups is 1. The minimum Gasteiger partial charge on any atom is -0.506 e. The number of para-hydroxylation sites is 1. The van der Waals surface area contributed by atoms with E-state index in [0.717, 1.165) is 19.3 Å². The van der Waals surface area contributed by atoms with Crippen LogP contribution in [0.25, 0.3) is 10.9 Å². The third kappa shape index (κ3) is 4.20. The molecule has 35 heavy (non-hydrogen) atoms. The van der Waals surface area contributed by atoms with Crippen LogP contribution in [0.15, 0.2) is 56.6 Å². The predicted molar refractivity (Wildman–Crippen MR) is 138 cm³/mol. The Morgan fingerprint density at radius 3 is 2.63 bits per heavy atom. The quantitative estimate of drug-likeness (QED) is 0.288. The fourth-order valence-electron chi connectivity index (χ4n) is 3.99. The second-order valence-corrected chi connectivity index (χ2v) is 12.1. The van der Waals surface area contributed by atoms with Crippen LogP contribution in [0.2, 0.25) is 0 Å². The largest absolute Gasteiger partial charge is 0.506 e. The summed E-state index contributed by atoms with van der Waals surface area (Å²) in [6.45, 7) is 1.48. The topological polar surface area (TPSA) is 165 Å². The number of pyridine rings is 1. The van der Waals surface area contributed by atoms with Crippen LogP contribution in [0.3, 0.4) is 0 Å². The molecule has 0 spiro atoms. The summed E-state index contributed by atoms with van der Waals surface area (Å²) in [6, 6.07) is 11.2. The SMILES string of the molecule is CCS(=O)(=O)Nc1ccc2c(c1)S(O)(O)N=C(c1c(O)c3ccccc3n(NC3CCC3)c1=O)N2. The van der Waals surface area contributed by atoms with Crippen LogP contribution >= 0.6 is 10.8 Å². The summed E-state index contributed by atoms with van der Waals surface area (Å²) in [7, 11) is -7.41. The molecule has 0 amide bonds. The van der Waals surface area contributed by atoms with Crippen LogP contribution in [0.4, 0.5) is 11.4 Å². The fraction of sp³-hybridized carbons (Fsp3) is 0.273. The van der Waals surface area contributed by atoms with E-state index < -0.39 is 26.4 Å². The highest BCUT2D eigenvalue weighted by atomic mass is 32.3. The van der Waals surface area contributed by atoms with Crippen LogP contribution in [-0.4, -0.2) is 44.9 Å². The standard InChI is InChI=1S/C22H25N5O6S2/c1-2-34(30,31)25-14-10-11-16-18(12-14)35(32,33)26-21(23-16)19-20(28)15-8-3-4-9-17(15)27(22(19)29)24-13-6-5-7-13/h3-4,8-13,24-25,28,32-33H,2,5-7H2,1H3,(H,23,26). The van der Waals surface area contributed by atoms with Gasteiger partial charge in [0.2, 0.25) is 10.0 Å². The van der Waals surface area contributed by atoms with Gasteiger partial charge in [-0.15, -0.1) is 4.40 Å². The van der Waals surface area contributed by atoms with E-state index in [-0.39, 0.29) is 45.2 Å². The molecule has 2 aromatic carbocycles. The molecule has 0 unspecified atom stereocenters. The maximum atomic E-state index is 13.5. The molecule has 6 N–H and O–H groups in total. The average Bonchev–Trinajstić information content (AvgIpc) is 2.78. The van der Waals surface area contributed by atoms with Crippen molar-refractivity contribution in [2.75, 3.05) is 21.2 Å². The minimum absolute atomic E-state index is 0.0363. The molecule has 3 aromatic rings. The van der Waals surface area contributed by atoms with Crippen molar-refractivity contribution in [2.24, 2.45) is 4.40 Å². The van der Waals surface area contributed by atoms with E-state index in [0.29, 0.717) is 10.9 Å². The number of rotatable bonds is 6. The summed E-state index contributed by atoms with van der Waals surface area (Å²) >= 11 is 0. The molecule has 2 aliphatic rings. The molecular weight excluding hydrogens is 494 g/mol. The van der Waals surface area contributed by atoms with Crippen molar-refractivity contribution in [1.82, 2.24) is 4.68 Å². The molecule has 1 fully saturated rings. The van der Waals surface area contributed by atoms with Gasteiger partial charge in [-0.25, -0.2) is 13.1 Å². The monoisotopic (exact) mass is 519 g/mol. The molecule has 2 heterocycles. The van der Waals surface area contributed by atoms with Gasteiger partial charge >= 0.3 is 0 Å². The molecule has 5 rings (SSSR count). The molecule has 13 heteroatoms. The summed E-state index contributed by atoms with van der Waals surface area (Å²) in [5.74, 6) is -0.685. The lowest BCUT2D eigenvalue weighted by molar-refractivity contribution is 0.414. The molecule has 1 aliphatic heterocycles. The van der Waals surface area contributed by atoms with E-state index in [1.165, 1.54) is 29.8 Å². The first kappa shape index (κ1) is 23.5. The van der Waals surface area contributed by atoms with Gasteiger partial charge in [0.1, 0.15) is 16.2 Å². The number of nitrogens with zero attached hydrogens (tertiary/aromatic N) is 2. The van der Waals surface area contributed by atoms with Crippen molar-refractivity contribution in [2.45, 2.75) is 37.1 Å². The van der Waals surface area contributed by atoms with Crippen LogP contribution in [0.1, 0.15) is 31.7 Å². The number of sulfonamides is 1. The van der Waals surface area contributed by atoms with Crippen molar-refractivity contribution in [1.29, 1.82) is 0 Å². The molecule has 0 atom stereocenters. The molecule has 1 aliphatic carbocycles. The number of hydrogen-bond donors (Lipinski definition) is 6. The molecule has 0 saturated heterocycles. The van der Waals surface area contributed by atoms with Crippen LogP contribution in [0, 0.1) is 0 Å². The first-order chi connectivity index (χ1) is 16.6. The van der Waals surface area contributed by atoms with Gasteiger partial charge in [-0.3, -0.25) is 18.6 Å². The van der Waals surface area contributed by atoms with Crippen LogP contribution < -0.4 is 21.0 Å². The van der Waals surface area contributed by atoms with E-state index in [2.05, 4.69) is 19.9 Å². The number of nitrogens with one attached hydrogen (secondary N) is 3. The van der Waals surface area contributed by atoms with Gasteiger partial charge in [0, 0.05) is 11.4 Å². The summed E-state index contributed by atoms with van der Waals surface area (Å²) < 4.78 is 53.2. The van der Waals surface area contributed by atoms with E-state index in [1.54, 1.807) is 24.3 Å². The van der Waals surface area contributed by atoms with Gasteiger partial charge in [0.05, 0.1) is 22.6 Å². The van der Waals surface area contributed by atoms with Crippen molar-refractivity contribution >= 4 is 48.9 Å². The summed E-state index contributed by atoms with van der Waals surface area (Å²) in [6.07, 6.45) is 2.88. The smallest absolute Gasteiger partial charge is 0.284 e. The van der Waals surface area contributed by atoms with Gasteiger partial charge in [-0.2, -0.15) is 0 Å². The fourth-order valence-corrected chi connectivity index (χ4v) is 5.81. The minimum atomic E-state index is -3.83. The molecule has 1 aromatic heterocycles. The number of amidine groups is 1. The second kappa shape index (κ2) is 8.45. The Hall–Kier alpha value is -3.26. The highest BCUT2D eigenvalue weighted by molar-refractivity contribution is 8.23. The van der Waals surface area contributed by atoms with E-state index >= 15 is 0 Å². The molecular formula is C22H25N5O6S2. The van der Waals surface area contributed by atoms with Crippen LogP contribution in [0.5, 0.6) is 5.75 Å². The Labute approximate surface area is 203 Å². The molecule has 1 saturated carbocycles. The maximum Gasteiger partial charge on any atom is 0.284 e. The normalized spacial score (nSPS) is 18.1. The number of fused-ring (bicyclic) bond motifs is 2. The zero-order valence-corrected chi connectivity index (χ0v) is 20.4. The Kier molecular flexibility index (Phi) is 5.67. The van der Waals surface area contributed by atoms with Gasteiger partial charge in [-0.1, -0.05) is 22.9 Å². The lowest BCUT2D eigenvalue weighted by Gasteiger charge is -2.35. The lowest BCUT2D eigenvalue weighted by atomic mass is 9.94. The molecule has 11 nitrogen and oxygen atoms in total. The van der Waals surface area contributed by atoms with Gasteiger partial charge in [0.15, 0.2) is 5.84 Å². The van der Waals surface area contributed by atoms with Crippen molar-refractivity contribution in [3.05, 3.63) is 58.4 Å². The van der Waals surface area contributed by atoms with E-state index in [1.807, 2.05) is 0 Å². The number of aromatic nitrogens is 1. The summed E-state index contributed by atoms with van der Waals surface area (Å²) in [5, 5.41) is 14.3. The summed E-state index contributed by atoms with van der Waals surface area (Å²) in [5.41, 5.74) is 3.25. The predicted octanol–water partition coefficient (Wildman–Crippen LogP) is 3.46. The summed E-state index contributed by atoms with van der Waals surface area (Å²) in [4.78, 5) is 13.5. The maximum absolute atomic E-state index is 13.5. The number of benzene rings is 2. The second-order valence-electron chi connectivity index (χ2n) is 8.44. The Morgan fingerprint density at radius 2 is 1.94 bits per heavy atom. The van der Waals surface area contributed by atoms with Crippen molar-refractivity contribution in [3.63, 3.8) is 0 Å². The number of anilines is 2. The zero-order chi connectivity index (χ0) is 25.0. The number of hydrogen-bond acceptors (Lipinski definition) is 9. The van der Waals surface area contributed by atoms with Gasteiger partial charge < -0.3 is 15.8 Å². The molecule has 0 radical (unpaired) electrons. The molecule has 186 valence electrons. The van der Waals surface area contributed by atoms with Crippen LogP contribution in [-0.2, 0) is 10.0 Å². The third-order valence-corrected chi connectivity index (χ3v) is 8.78.